The molecule has 0 bridgehead atoms. The molecule has 0 saturated carbocycles. The zero-order chi connectivity index (χ0) is 25.1. The van der Waals surface area contributed by atoms with Gasteiger partial charge < -0.3 is 30.7 Å². The lowest BCUT2D eigenvalue weighted by molar-refractivity contribution is 0.0972. The van der Waals surface area contributed by atoms with Gasteiger partial charge in [-0.15, -0.1) is 0 Å². The molecular weight excluding hydrogens is 452 g/mol. The Morgan fingerprint density at radius 1 is 1.14 bits per heavy atom. The van der Waals surface area contributed by atoms with Crippen LogP contribution in [-0.2, 0) is 6.42 Å². The summed E-state index contributed by atoms with van der Waals surface area (Å²) in [6, 6.07) is 14.3. The summed E-state index contributed by atoms with van der Waals surface area (Å²) in [5.41, 5.74) is 8.59. The molecule has 4 rings (SSSR count). The first kappa shape index (κ1) is 23.6. The van der Waals surface area contributed by atoms with Gasteiger partial charge in [-0.25, -0.2) is 9.48 Å². The van der Waals surface area contributed by atoms with Crippen LogP contribution in [0.25, 0.3) is 5.69 Å². The maximum Gasteiger partial charge on any atom is 0.407 e. The number of ether oxygens (including phenoxy) is 1. The van der Waals surface area contributed by atoms with Crippen LogP contribution in [0.1, 0.15) is 26.5 Å². The van der Waals surface area contributed by atoms with Gasteiger partial charge in [-0.3, -0.25) is 9.59 Å². The summed E-state index contributed by atoms with van der Waals surface area (Å²) in [5, 5.41) is 16.5. The van der Waals surface area contributed by atoms with Crippen LogP contribution < -0.4 is 20.7 Å². The Bertz CT molecular complexity index is 1250. The van der Waals surface area contributed by atoms with E-state index in [2.05, 4.69) is 10.4 Å². The fourth-order valence-corrected chi connectivity index (χ4v) is 3.94. The molecule has 0 spiro atoms. The fourth-order valence-electron chi connectivity index (χ4n) is 3.94. The zero-order valence-electron chi connectivity index (χ0n) is 19.4. The fraction of sp³-hybridized carbons (Fsp3) is 0.250. The van der Waals surface area contributed by atoms with Gasteiger partial charge in [0, 0.05) is 43.6 Å². The predicted molar refractivity (Wildman–Crippen MR) is 130 cm³/mol. The summed E-state index contributed by atoms with van der Waals surface area (Å²) >= 11 is 0. The van der Waals surface area contributed by atoms with Gasteiger partial charge in [-0.1, -0.05) is 0 Å². The number of likely N-dealkylation sites (N-methyl/N-ethyl adjacent to an activating group) is 1. The SMILES string of the molecule is COc1ccc(-n2nc(C(N)=O)c3c2C(=O)N(c2ccc(NCCN(C)C(=O)O)cc2)CC3)cc1. The largest absolute Gasteiger partial charge is 0.497 e. The van der Waals surface area contributed by atoms with Crippen molar-refractivity contribution in [3.63, 3.8) is 0 Å². The Balaban J connectivity index is 1.58. The molecule has 0 fully saturated rings. The van der Waals surface area contributed by atoms with E-state index in [1.807, 2.05) is 24.3 Å². The monoisotopic (exact) mass is 478 g/mol. The first-order valence-electron chi connectivity index (χ1n) is 11.0. The van der Waals surface area contributed by atoms with Crippen molar-refractivity contribution in [3.05, 3.63) is 65.5 Å². The maximum absolute atomic E-state index is 13.6. The molecule has 1 aliphatic heterocycles. The highest BCUT2D eigenvalue weighted by molar-refractivity contribution is 6.09. The van der Waals surface area contributed by atoms with E-state index < -0.39 is 12.0 Å². The molecular formula is C24H26N6O5. The quantitative estimate of drug-likeness (QED) is 0.450. The summed E-state index contributed by atoms with van der Waals surface area (Å²) in [6.07, 6.45) is -0.560. The number of hydrogen-bond acceptors (Lipinski definition) is 6. The number of aromatic nitrogens is 2. The Hall–Kier alpha value is -4.54. The molecule has 182 valence electrons. The van der Waals surface area contributed by atoms with Crippen LogP contribution in [0.15, 0.2) is 48.5 Å². The molecule has 2 heterocycles. The molecule has 0 atom stereocenters. The van der Waals surface area contributed by atoms with E-state index in [-0.39, 0.29) is 11.6 Å². The number of hydrogen-bond donors (Lipinski definition) is 3. The molecule has 11 heteroatoms. The molecule has 1 aliphatic rings. The number of nitrogens with one attached hydrogen (secondary N) is 1. The number of primary amides is 1. The van der Waals surface area contributed by atoms with E-state index in [1.165, 1.54) is 16.6 Å². The lowest BCUT2D eigenvalue weighted by Crippen LogP contribution is -2.39. The summed E-state index contributed by atoms with van der Waals surface area (Å²) in [6.45, 7) is 1.16. The van der Waals surface area contributed by atoms with Crippen LogP contribution in [0.2, 0.25) is 0 Å². The van der Waals surface area contributed by atoms with Crippen molar-refractivity contribution in [2.75, 3.05) is 44.0 Å². The van der Waals surface area contributed by atoms with Crippen LogP contribution in [0.4, 0.5) is 16.2 Å². The van der Waals surface area contributed by atoms with Gasteiger partial charge in [-0.05, 0) is 55.0 Å². The molecule has 1 aromatic heterocycles. The number of fused-ring (bicyclic) bond motifs is 1. The molecule has 4 N–H and O–H groups in total. The minimum atomic E-state index is -0.987. The van der Waals surface area contributed by atoms with E-state index in [1.54, 1.807) is 36.3 Å². The van der Waals surface area contributed by atoms with E-state index in [0.717, 1.165) is 5.69 Å². The Kier molecular flexibility index (Phi) is 6.58. The molecule has 11 nitrogen and oxygen atoms in total. The number of anilines is 2. The maximum atomic E-state index is 13.6. The molecule has 0 unspecified atom stereocenters. The number of nitrogens with two attached hydrogens (primary N) is 1. The Morgan fingerprint density at radius 2 is 1.80 bits per heavy atom. The molecule has 3 aromatic rings. The molecule has 0 saturated heterocycles. The van der Waals surface area contributed by atoms with Gasteiger partial charge >= 0.3 is 6.09 Å². The van der Waals surface area contributed by atoms with Gasteiger partial charge in [0.15, 0.2) is 5.69 Å². The topological polar surface area (TPSA) is 143 Å². The number of carbonyl (C=O) groups excluding carboxylic acids is 2. The lowest BCUT2D eigenvalue weighted by atomic mass is 10.0. The standard InChI is InChI=1S/C24H26N6O5/c1-28(24(33)34)14-12-26-15-3-5-16(6-4-15)29-13-11-19-20(22(25)31)27-30(21(19)23(29)32)17-7-9-18(35-2)10-8-17/h3-10,26H,11-14H2,1-2H3,(H2,25,31)(H,33,34). The average molecular weight is 479 g/mol. The number of methoxy groups -OCH3 is 1. The van der Waals surface area contributed by atoms with Crippen molar-refractivity contribution in [1.82, 2.24) is 14.7 Å². The lowest BCUT2D eigenvalue weighted by Gasteiger charge is -2.28. The number of rotatable bonds is 8. The number of amides is 3. The van der Waals surface area contributed by atoms with Crippen molar-refractivity contribution in [2.45, 2.75) is 6.42 Å². The first-order chi connectivity index (χ1) is 16.8. The van der Waals surface area contributed by atoms with Crippen molar-refractivity contribution >= 4 is 29.3 Å². The van der Waals surface area contributed by atoms with Gasteiger partial charge in [0.05, 0.1) is 12.8 Å². The van der Waals surface area contributed by atoms with E-state index in [9.17, 15) is 14.4 Å². The summed E-state index contributed by atoms with van der Waals surface area (Å²) < 4.78 is 6.66. The van der Waals surface area contributed by atoms with Crippen molar-refractivity contribution in [1.29, 1.82) is 0 Å². The normalized spacial score (nSPS) is 12.7. The Labute approximate surface area is 201 Å². The van der Waals surface area contributed by atoms with Gasteiger partial charge in [0.1, 0.15) is 11.4 Å². The molecule has 3 amide bonds. The molecule has 2 aromatic carbocycles. The van der Waals surface area contributed by atoms with E-state index in [0.29, 0.717) is 54.4 Å². The number of nitrogens with zero attached hydrogens (tertiary/aromatic N) is 4. The molecule has 0 radical (unpaired) electrons. The number of carbonyl (C=O) groups is 3. The van der Waals surface area contributed by atoms with Crippen LogP contribution in [0.5, 0.6) is 5.75 Å². The second-order valence-corrected chi connectivity index (χ2v) is 8.03. The third-order valence-electron chi connectivity index (χ3n) is 5.85. The minimum Gasteiger partial charge on any atom is -0.497 e. The smallest absolute Gasteiger partial charge is 0.407 e. The zero-order valence-corrected chi connectivity index (χ0v) is 19.4. The Morgan fingerprint density at radius 3 is 2.40 bits per heavy atom. The summed E-state index contributed by atoms with van der Waals surface area (Å²) in [4.78, 5) is 39.3. The van der Waals surface area contributed by atoms with Gasteiger partial charge in [0.2, 0.25) is 0 Å². The predicted octanol–water partition coefficient (Wildman–Crippen LogP) is 2.20. The second kappa shape index (κ2) is 9.75. The minimum absolute atomic E-state index is 0.0923. The number of carboxylic acid groups (broad SMARTS) is 1. The van der Waals surface area contributed by atoms with Gasteiger partial charge in [0.25, 0.3) is 11.8 Å². The van der Waals surface area contributed by atoms with Crippen LogP contribution in [0, 0.1) is 0 Å². The molecule has 35 heavy (non-hydrogen) atoms. The van der Waals surface area contributed by atoms with E-state index >= 15 is 0 Å². The van der Waals surface area contributed by atoms with Crippen molar-refractivity contribution in [2.24, 2.45) is 5.73 Å². The average Bonchev–Trinajstić information content (AvgIpc) is 3.26. The summed E-state index contributed by atoms with van der Waals surface area (Å²) in [5.74, 6) is -0.314. The third-order valence-corrected chi connectivity index (χ3v) is 5.85. The molecule has 0 aliphatic carbocycles. The van der Waals surface area contributed by atoms with Crippen LogP contribution >= 0.6 is 0 Å². The highest BCUT2D eigenvalue weighted by Gasteiger charge is 2.34. The van der Waals surface area contributed by atoms with Crippen molar-refractivity contribution in [3.8, 4) is 11.4 Å². The van der Waals surface area contributed by atoms with Crippen LogP contribution in [0.3, 0.4) is 0 Å². The van der Waals surface area contributed by atoms with Gasteiger partial charge in [-0.2, -0.15) is 5.10 Å². The highest BCUT2D eigenvalue weighted by Crippen LogP contribution is 2.29. The first-order valence-corrected chi connectivity index (χ1v) is 11.0. The van der Waals surface area contributed by atoms with Crippen LogP contribution in [-0.4, -0.2) is 71.5 Å². The number of benzene rings is 2. The third kappa shape index (κ3) is 4.74. The summed E-state index contributed by atoms with van der Waals surface area (Å²) in [7, 11) is 3.07. The van der Waals surface area contributed by atoms with Crippen molar-refractivity contribution < 1.29 is 24.2 Å². The highest BCUT2D eigenvalue weighted by atomic mass is 16.5. The van der Waals surface area contributed by atoms with E-state index in [4.69, 9.17) is 15.6 Å². The second-order valence-electron chi connectivity index (χ2n) is 8.03.